The standard InChI is InChI=1S/C19H30N4O4/c1-3-20-19(25)17-10-15(11-23(17)12-16-5-4-14(2)27-16)21-18(24)13-22-6-8-26-9-7-22/h4-5,15,17H,3,6-13H2,1-2H3,(H,20,25)(H,21,24). The topological polar surface area (TPSA) is 87.0 Å². The largest absolute Gasteiger partial charge is 0.465 e. The van der Waals surface area contributed by atoms with Gasteiger partial charge in [-0.25, -0.2) is 0 Å². The zero-order valence-electron chi connectivity index (χ0n) is 16.2. The van der Waals surface area contributed by atoms with Gasteiger partial charge in [0.15, 0.2) is 0 Å². The number of carbonyl (C=O) groups is 2. The fourth-order valence-corrected chi connectivity index (χ4v) is 3.75. The summed E-state index contributed by atoms with van der Waals surface area (Å²) in [5, 5.41) is 6.00. The van der Waals surface area contributed by atoms with Crippen LogP contribution in [0.3, 0.4) is 0 Å². The fraction of sp³-hybridized carbons (Fsp3) is 0.684. The number of likely N-dealkylation sites (tertiary alicyclic amines) is 1. The van der Waals surface area contributed by atoms with Gasteiger partial charge in [-0.2, -0.15) is 0 Å². The van der Waals surface area contributed by atoms with E-state index in [2.05, 4.69) is 20.4 Å². The van der Waals surface area contributed by atoms with E-state index in [9.17, 15) is 9.59 Å². The first-order chi connectivity index (χ1) is 13.0. The van der Waals surface area contributed by atoms with Crippen LogP contribution in [0.5, 0.6) is 0 Å². The summed E-state index contributed by atoms with van der Waals surface area (Å²) in [5.74, 6) is 1.70. The third-order valence-corrected chi connectivity index (χ3v) is 5.05. The van der Waals surface area contributed by atoms with Gasteiger partial charge in [-0.15, -0.1) is 0 Å². The summed E-state index contributed by atoms with van der Waals surface area (Å²) < 4.78 is 11.0. The number of nitrogens with one attached hydrogen (secondary N) is 2. The van der Waals surface area contributed by atoms with Gasteiger partial charge in [0.1, 0.15) is 11.5 Å². The molecule has 0 aliphatic carbocycles. The summed E-state index contributed by atoms with van der Waals surface area (Å²) >= 11 is 0. The summed E-state index contributed by atoms with van der Waals surface area (Å²) in [7, 11) is 0. The highest BCUT2D eigenvalue weighted by molar-refractivity contribution is 5.83. The molecule has 2 fully saturated rings. The van der Waals surface area contributed by atoms with Crippen molar-refractivity contribution in [2.75, 3.05) is 45.9 Å². The first-order valence-corrected chi connectivity index (χ1v) is 9.71. The molecule has 2 aliphatic rings. The number of nitrogens with zero attached hydrogens (tertiary/aromatic N) is 2. The van der Waals surface area contributed by atoms with Gasteiger partial charge >= 0.3 is 0 Å². The van der Waals surface area contributed by atoms with Crippen molar-refractivity contribution in [1.82, 2.24) is 20.4 Å². The van der Waals surface area contributed by atoms with Crippen molar-refractivity contribution in [2.24, 2.45) is 0 Å². The molecule has 8 heteroatoms. The van der Waals surface area contributed by atoms with E-state index in [1.54, 1.807) is 0 Å². The van der Waals surface area contributed by atoms with Crippen LogP contribution in [-0.2, 0) is 20.9 Å². The molecule has 2 saturated heterocycles. The minimum atomic E-state index is -0.260. The van der Waals surface area contributed by atoms with Crippen LogP contribution in [0.2, 0.25) is 0 Å². The predicted octanol–water partition coefficient (Wildman–Crippen LogP) is 0.115. The molecule has 2 aliphatic heterocycles. The average Bonchev–Trinajstić information content (AvgIpc) is 3.22. The molecule has 0 spiro atoms. The molecule has 2 unspecified atom stereocenters. The maximum absolute atomic E-state index is 12.5. The second-order valence-electron chi connectivity index (χ2n) is 7.24. The van der Waals surface area contributed by atoms with E-state index in [-0.39, 0.29) is 23.9 Å². The highest BCUT2D eigenvalue weighted by atomic mass is 16.5. The van der Waals surface area contributed by atoms with E-state index in [1.807, 2.05) is 26.0 Å². The minimum Gasteiger partial charge on any atom is -0.465 e. The number of amides is 2. The molecule has 3 rings (SSSR count). The van der Waals surface area contributed by atoms with Gasteiger partial charge in [0.05, 0.1) is 32.3 Å². The first-order valence-electron chi connectivity index (χ1n) is 9.71. The van der Waals surface area contributed by atoms with Crippen LogP contribution in [0.15, 0.2) is 16.5 Å². The van der Waals surface area contributed by atoms with Gasteiger partial charge < -0.3 is 19.8 Å². The number of rotatable bonds is 7. The Hall–Kier alpha value is -1.90. The number of furan rings is 1. The molecule has 0 radical (unpaired) electrons. The van der Waals surface area contributed by atoms with Gasteiger partial charge in [0.25, 0.3) is 0 Å². The van der Waals surface area contributed by atoms with E-state index in [0.29, 0.717) is 45.8 Å². The van der Waals surface area contributed by atoms with Crippen LogP contribution in [-0.4, -0.2) is 79.6 Å². The SMILES string of the molecule is CCNC(=O)C1CC(NC(=O)CN2CCOCC2)CN1Cc1ccc(C)o1. The van der Waals surface area contributed by atoms with E-state index in [1.165, 1.54) is 0 Å². The van der Waals surface area contributed by atoms with Crippen molar-refractivity contribution < 1.29 is 18.7 Å². The number of carbonyl (C=O) groups excluding carboxylic acids is 2. The molecule has 1 aromatic heterocycles. The van der Waals surface area contributed by atoms with Gasteiger partial charge in [0, 0.05) is 32.2 Å². The summed E-state index contributed by atoms with van der Waals surface area (Å²) in [4.78, 5) is 29.1. The molecule has 150 valence electrons. The predicted molar refractivity (Wildman–Crippen MR) is 100 cm³/mol. The Bertz CT molecular complexity index is 641. The van der Waals surface area contributed by atoms with Gasteiger partial charge in [-0.1, -0.05) is 0 Å². The third-order valence-electron chi connectivity index (χ3n) is 5.05. The normalized spacial score (nSPS) is 24.1. The van der Waals surface area contributed by atoms with Crippen LogP contribution in [0, 0.1) is 6.92 Å². The molecular weight excluding hydrogens is 348 g/mol. The fourth-order valence-electron chi connectivity index (χ4n) is 3.75. The lowest BCUT2D eigenvalue weighted by Crippen LogP contribution is -2.46. The quantitative estimate of drug-likeness (QED) is 0.701. The summed E-state index contributed by atoms with van der Waals surface area (Å²) in [6.45, 7) is 8.89. The highest BCUT2D eigenvalue weighted by Gasteiger charge is 2.37. The van der Waals surface area contributed by atoms with Gasteiger partial charge in [0.2, 0.25) is 11.8 Å². The number of aryl methyl sites for hydroxylation is 1. The number of ether oxygens (including phenoxy) is 1. The summed E-state index contributed by atoms with van der Waals surface area (Å²) in [6.07, 6.45) is 0.611. The summed E-state index contributed by atoms with van der Waals surface area (Å²) in [6, 6.07) is 3.56. The van der Waals surface area contributed by atoms with Crippen molar-refractivity contribution in [3.05, 3.63) is 23.7 Å². The van der Waals surface area contributed by atoms with Crippen molar-refractivity contribution in [1.29, 1.82) is 0 Å². The molecule has 0 saturated carbocycles. The molecule has 0 aromatic carbocycles. The van der Waals surface area contributed by atoms with E-state index < -0.39 is 0 Å². The smallest absolute Gasteiger partial charge is 0.237 e. The lowest BCUT2D eigenvalue weighted by atomic mass is 10.1. The molecule has 2 atom stereocenters. The molecule has 27 heavy (non-hydrogen) atoms. The number of hydrogen-bond donors (Lipinski definition) is 2. The Morgan fingerprint density at radius 3 is 2.70 bits per heavy atom. The van der Waals surface area contributed by atoms with Crippen molar-refractivity contribution in [3.8, 4) is 0 Å². The number of morpholine rings is 1. The van der Waals surface area contributed by atoms with E-state index >= 15 is 0 Å². The van der Waals surface area contributed by atoms with E-state index in [0.717, 1.165) is 24.6 Å². The minimum absolute atomic E-state index is 0.00528. The maximum atomic E-state index is 12.5. The Morgan fingerprint density at radius 1 is 1.26 bits per heavy atom. The van der Waals surface area contributed by atoms with Crippen molar-refractivity contribution in [2.45, 2.75) is 38.9 Å². The lowest BCUT2D eigenvalue weighted by molar-refractivity contribution is -0.126. The lowest BCUT2D eigenvalue weighted by Gasteiger charge is -2.26. The average molecular weight is 378 g/mol. The molecule has 3 heterocycles. The maximum Gasteiger partial charge on any atom is 0.237 e. The first kappa shape index (κ1) is 19.9. The van der Waals surface area contributed by atoms with Crippen LogP contribution >= 0.6 is 0 Å². The van der Waals surface area contributed by atoms with Gasteiger partial charge in [-0.3, -0.25) is 19.4 Å². The molecule has 0 bridgehead atoms. The third kappa shape index (κ3) is 5.54. The van der Waals surface area contributed by atoms with Gasteiger partial charge in [-0.05, 0) is 32.4 Å². The number of hydrogen-bond acceptors (Lipinski definition) is 6. The second kappa shape index (κ2) is 9.34. The molecule has 2 amide bonds. The molecular formula is C19H30N4O4. The Labute approximate surface area is 160 Å². The molecule has 2 N–H and O–H groups in total. The Kier molecular flexibility index (Phi) is 6.87. The van der Waals surface area contributed by atoms with Crippen LogP contribution in [0.4, 0.5) is 0 Å². The second-order valence-corrected chi connectivity index (χ2v) is 7.24. The molecule has 8 nitrogen and oxygen atoms in total. The molecule has 1 aromatic rings. The van der Waals surface area contributed by atoms with Crippen LogP contribution in [0.25, 0.3) is 0 Å². The zero-order valence-corrected chi connectivity index (χ0v) is 16.2. The number of likely N-dealkylation sites (N-methyl/N-ethyl adjacent to an activating group) is 1. The zero-order chi connectivity index (χ0) is 19.2. The van der Waals surface area contributed by atoms with Crippen molar-refractivity contribution in [3.63, 3.8) is 0 Å². The Balaban J connectivity index is 1.57. The highest BCUT2D eigenvalue weighted by Crippen LogP contribution is 2.22. The van der Waals surface area contributed by atoms with E-state index in [4.69, 9.17) is 9.15 Å². The monoisotopic (exact) mass is 378 g/mol. The van der Waals surface area contributed by atoms with Crippen molar-refractivity contribution >= 4 is 11.8 Å². The Morgan fingerprint density at radius 2 is 2.04 bits per heavy atom. The summed E-state index contributed by atoms with van der Waals surface area (Å²) in [5.41, 5.74) is 0. The van der Waals surface area contributed by atoms with Crippen LogP contribution in [0.1, 0.15) is 24.9 Å². The van der Waals surface area contributed by atoms with Crippen LogP contribution < -0.4 is 10.6 Å².